The van der Waals surface area contributed by atoms with Gasteiger partial charge in [-0.15, -0.1) is 0 Å². The molecule has 0 aliphatic rings. The molecular formula is C46H24F3N5. The van der Waals surface area contributed by atoms with E-state index in [1.54, 1.807) is 18.2 Å². The first-order valence-electron chi connectivity index (χ1n) is 17.0. The summed E-state index contributed by atoms with van der Waals surface area (Å²) in [5.41, 5.74) is 6.18. The first-order chi connectivity index (χ1) is 26.3. The lowest BCUT2D eigenvalue weighted by Gasteiger charge is -2.18. The van der Waals surface area contributed by atoms with Gasteiger partial charge in [0.1, 0.15) is 0 Å². The number of benzene rings is 7. The molecule has 0 aliphatic carbocycles. The Bertz CT molecular complexity index is 3090. The van der Waals surface area contributed by atoms with Crippen LogP contribution in [0.15, 0.2) is 146 Å². The van der Waals surface area contributed by atoms with Crippen LogP contribution in [-0.4, -0.2) is 9.13 Å². The maximum absolute atomic E-state index is 14.5. The Hall–Kier alpha value is -7.60. The molecule has 254 valence electrons. The molecule has 54 heavy (non-hydrogen) atoms. The van der Waals surface area contributed by atoms with E-state index in [0.29, 0.717) is 11.4 Å². The van der Waals surface area contributed by atoms with Gasteiger partial charge in [0, 0.05) is 27.1 Å². The van der Waals surface area contributed by atoms with E-state index >= 15 is 0 Å². The molecular weight excluding hydrogens is 680 g/mol. The Balaban J connectivity index is 1.24. The van der Waals surface area contributed by atoms with Gasteiger partial charge in [0.05, 0.1) is 68.8 Å². The minimum Gasteiger partial charge on any atom is -0.319 e. The molecule has 7 aromatic carbocycles. The number of rotatable bonds is 4. The molecule has 0 spiro atoms. The maximum atomic E-state index is 14.5. The fraction of sp³-hybridized carbons (Fsp3) is 0.0217. The molecule has 0 aliphatic heterocycles. The van der Waals surface area contributed by atoms with Gasteiger partial charge in [-0.05, 0) is 89.5 Å². The van der Waals surface area contributed by atoms with Gasteiger partial charge < -0.3 is 9.13 Å². The van der Waals surface area contributed by atoms with Crippen LogP contribution in [0.1, 0.15) is 16.7 Å². The number of hydrogen-bond acceptors (Lipinski definition) is 2. The molecule has 8 heteroatoms. The summed E-state index contributed by atoms with van der Waals surface area (Å²) in [6.07, 6.45) is -4.75. The molecule has 0 saturated heterocycles. The SMILES string of the molecule is [C-]#[N+]c1cc(-c2ccc3c(c2)c2ccccc2n3-c2ccc(C#N)cc2-c2ccc(C#N)cc2C(F)(F)F)ccc1-n1c2ccccc2c2ccccc21. The van der Waals surface area contributed by atoms with E-state index in [4.69, 9.17) is 6.57 Å². The summed E-state index contributed by atoms with van der Waals surface area (Å²) in [4.78, 5) is 3.97. The monoisotopic (exact) mass is 703 g/mol. The van der Waals surface area contributed by atoms with Crippen LogP contribution in [0.2, 0.25) is 0 Å². The Morgan fingerprint density at radius 3 is 1.61 bits per heavy atom. The fourth-order valence-corrected chi connectivity index (χ4v) is 7.68. The first-order valence-corrected chi connectivity index (χ1v) is 17.0. The Morgan fingerprint density at radius 2 is 1.00 bits per heavy atom. The Morgan fingerprint density at radius 1 is 0.500 bits per heavy atom. The third-order valence-electron chi connectivity index (χ3n) is 10.0. The quantitative estimate of drug-likeness (QED) is 0.171. The van der Waals surface area contributed by atoms with Crippen LogP contribution in [0, 0.1) is 29.2 Å². The van der Waals surface area contributed by atoms with Crippen molar-refractivity contribution in [1.82, 2.24) is 9.13 Å². The van der Waals surface area contributed by atoms with E-state index in [0.717, 1.165) is 66.5 Å². The summed E-state index contributed by atoms with van der Waals surface area (Å²) < 4.78 is 47.6. The van der Waals surface area contributed by atoms with Gasteiger partial charge in [-0.2, -0.15) is 23.7 Å². The molecule has 9 aromatic rings. The highest BCUT2D eigenvalue weighted by molar-refractivity contribution is 6.12. The van der Waals surface area contributed by atoms with E-state index in [1.165, 1.54) is 18.2 Å². The molecule has 0 fully saturated rings. The van der Waals surface area contributed by atoms with Crippen molar-refractivity contribution >= 4 is 49.3 Å². The third-order valence-corrected chi connectivity index (χ3v) is 10.0. The van der Waals surface area contributed by atoms with E-state index in [-0.39, 0.29) is 22.3 Å². The summed E-state index contributed by atoms with van der Waals surface area (Å²) in [5.74, 6) is 0. The minimum absolute atomic E-state index is 0.113. The number of para-hydroxylation sites is 3. The summed E-state index contributed by atoms with van der Waals surface area (Å²) >= 11 is 0. The van der Waals surface area contributed by atoms with Crippen LogP contribution in [0.5, 0.6) is 0 Å². The third kappa shape index (κ3) is 4.99. The second kappa shape index (κ2) is 12.3. The number of nitrogens with zero attached hydrogens (tertiary/aromatic N) is 5. The van der Waals surface area contributed by atoms with Gasteiger partial charge in [0.2, 0.25) is 5.69 Å². The number of nitriles is 2. The predicted molar refractivity (Wildman–Crippen MR) is 207 cm³/mol. The van der Waals surface area contributed by atoms with Crippen LogP contribution in [0.3, 0.4) is 0 Å². The number of fused-ring (bicyclic) bond motifs is 6. The second-order valence-corrected chi connectivity index (χ2v) is 13.0. The molecule has 0 saturated carbocycles. The van der Waals surface area contributed by atoms with Crippen molar-refractivity contribution in [3.63, 3.8) is 0 Å². The average Bonchev–Trinajstić information content (AvgIpc) is 3.72. The zero-order chi connectivity index (χ0) is 37.1. The van der Waals surface area contributed by atoms with Crippen LogP contribution in [-0.2, 0) is 6.18 Å². The van der Waals surface area contributed by atoms with E-state index < -0.39 is 11.7 Å². The van der Waals surface area contributed by atoms with Crippen LogP contribution in [0.25, 0.3) is 82.1 Å². The zero-order valence-corrected chi connectivity index (χ0v) is 28.2. The molecule has 5 nitrogen and oxygen atoms in total. The second-order valence-electron chi connectivity index (χ2n) is 13.0. The Kier molecular flexibility index (Phi) is 7.34. The highest BCUT2D eigenvalue weighted by Gasteiger charge is 2.35. The van der Waals surface area contributed by atoms with Crippen molar-refractivity contribution < 1.29 is 13.2 Å². The summed E-state index contributed by atoms with van der Waals surface area (Å²) in [5, 5.41) is 23.1. The smallest absolute Gasteiger partial charge is 0.319 e. The number of alkyl halides is 3. The lowest BCUT2D eigenvalue weighted by molar-refractivity contribution is -0.137. The van der Waals surface area contributed by atoms with Crippen molar-refractivity contribution in [1.29, 1.82) is 10.5 Å². The fourth-order valence-electron chi connectivity index (χ4n) is 7.68. The van der Waals surface area contributed by atoms with Crippen molar-refractivity contribution in [3.8, 4) is 45.8 Å². The lowest BCUT2D eigenvalue weighted by atomic mass is 9.94. The van der Waals surface area contributed by atoms with Gasteiger partial charge in [-0.25, -0.2) is 4.85 Å². The zero-order valence-electron chi connectivity index (χ0n) is 28.2. The van der Waals surface area contributed by atoms with Gasteiger partial charge in [-0.3, -0.25) is 0 Å². The molecule has 2 heterocycles. The summed E-state index contributed by atoms with van der Waals surface area (Å²) in [6, 6.07) is 47.9. The topological polar surface area (TPSA) is 61.8 Å². The molecule has 0 unspecified atom stereocenters. The molecule has 9 rings (SSSR count). The summed E-state index contributed by atoms with van der Waals surface area (Å²) in [7, 11) is 0. The first kappa shape index (κ1) is 32.3. The lowest BCUT2D eigenvalue weighted by Crippen LogP contribution is -2.09. The van der Waals surface area contributed by atoms with E-state index in [1.807, 2.05) is 89.5 Å². The van der Waals surface area contributed by atoms with Gasteiger partial charge >= 0.3 is 6.18 Å². The number of aromatic nitrogens is 2. The van der Waals surface area contributed by atoms with Crippen molar-refractivity contribution in [2.75, 3.05) is 0 Å². The standard InChI is InChI=1S/C46H24F3N5/c1-52-39-25-31(17-21-45(39)54-40-11-5-2-8-33(40)34-9-3-6-12-41(34)54)30-16-20-44-37(24-30)35-10-4-7-13-42(35)53(44)43-19-15-28(26-50)22-36(43)32-18-14-29(27-51)23-38(32)46(47,48)49/h2-25H. The van der Waals surface area contributed by atoms with E-state index in [9.17, 15) is 23.7 Å². The molecule has 0 bridgehead atoms. The van der Waals surface area contributed by atoms with Crippen molar-refractivity contribution in [2.45, 2.75) is 6.18 Å². The van der Waals surface area contributed by atoms with Gasteiger partial charge in [-0.1, -0.05) is 72.8 Å². The molecule has 0 atom stereocenters. The van der Waals surface area contributed by atoms with Crippen molar-refractivity contribution in [3.05, 3.63) is 174 Å². The van der Waals surface area contributed by atoms with Crippen LogP contribution < -0.4 is 0 Å². The van der Waals surface area contributed by atoms with Gasteiger partial charge in [0.25, 0.3) is 0 Å². The number of hydrogen-bond donors (Lipinski definition) is 0. The number of halogens is 3. The largest absolute Gasteiger partial charge is 0.417 e. The molecule has 0 radical (unpaired) electrons. The molecule has 0 amide bonds. The summed E-state index contributed by atoms with van der Waals surface area (Å²) in [6.45, 7) is 8.20. The van der Waals surface area contributed by atoms with E-state index in [2.05, 4.69) is 39.7 Å². The van der Waals surface area contributed by atoms with Gasteiger partial charge in [0.15, 0.2) is 0 Å². The normalized spacial score (nSPS) is 11.6. The van der Waals surface area contributed by atoms with Crippen molar-refractivity contribution in [2.24, 2.45) is 0 Å². The maximum Gasteiger partial charge on any atom is 0.417 e. The Labute approximate surface area is 307 Å². The highest BCUT2D eigenvalue weighted by Crippen LogP contribution is 2.44. The average molecular weight is 704 g/mol. The van der Waals surface area contributed by atoms with Crippen LogP contribution >= 0.6 is 0 Å². The minimum atomic E-state index is -4.75. The van der Waals surface area contributed by atoms with Crippen LogP contribution in [0.4, 0.5) is 18.9 Å². The molecule has 0 N–H and O–H groups in total. The predicted octanol–water partition coefficient (Wildman–Crippen LogP) is 12.5. The molecule has 2 aromatic heterocycles. The highest BCUT2D eigenvalue weighted by atomic mass is 19.4.